The van der Waals surface area contributed by atoms with Crippen molar-refractivity contribution in [2.45, 2.75) is 31.5 Å². The van der Waals surface area contributed by atoms with E-state index in [-0.39, 0.29) is 12.1 Å². The van der Waals surface area contributed by atoms with Crippen LogP contribution in [0.2, 0.25) is 0 Å². The number of ether oxygens (including phenoxy) is 1. The van der Waals surface area contributed by atoms with Crippen molar-refractivity contribution in [3.8, 4) is 0 Å². The van der Waals surface area contributed by atoms with Gasteiger partial charge in [0.25, 0.3) is 0 Å². The SMILES string of the molecule is CS(=O)(=O)N1C2CCC1CN(Cc1cn3cc(Br)nc(N4CCOCC4)c3n1)C2. The van der Waals surface area contributed by atoms with Gasteiger partial charge < -0.3 is 14.0 Å². The zero-order valence-corrected chi connectivity index (χ0v) is 18.8. The van der Waals surface area contributed by atoms with E-state index in [9.17, 15) is 8.42 Å². The van der Waals surface area contributed by atoms with Crippen molar-refractivity contribution in [2.24, 2.45) is 0 Å². The van der Waals surface area contributed by atoms with E-state index in [1.165, 1.54) is 6.26 Å². The van der Waals surface area contributed by atoms with E-state index >= 15 is 0 Å². The molecule has 11 heteroatoms. The lowest BCUT2D eigenvalue weighted by atomic mass is 10.2. The first kappa shape index (κ1) is 19.7. The summed E-state index contributed by atoms with van der Waals surface area (Å²) in [6.07, 6.45) is 7.20. The maximum absolute atomic E-state index is 12.1. The molecule has 0 amide bonds. The normalized spacial score (nSPS) is 26.5. The lowest BCUT2D eigenvalue weighted by Crippen LogP contribution is -2.55. The number of fused-ring (bicyclic) bond motifs is 3. The van der Waals surface area contributed by atoms with Gasteiger partial charge in [-0.15, -0.1) is 0 Å². The number of likely N-dealkylation sites (tertiary alicyclic amines) is 1. The first-order valence-corrected chi connectivity index (χ1v) is 12.6. The Hall–Kier alpha value is -1.27. The van der Waals surface area contributed by atoms with Crippen LogP contribution in [0.25, 0.3) is 5.65 Å². The minimum Gasteiger partial charge on any atom is -0.378 e. The highest BCUT2D eigenvalue weighted by molar-refractivity contribution is 9.10. The second kappa shape index (κ2) is 7.45. The minimum atomic E-state index is -3.14. The number of sulfonamides is 1. The summed E-state index contributed by atoms with van der Waals surface area (Å²) in [6, 6.07) is 0.168. The highest BCUT2D eigenvalue weighted by atomic mass is 79.9. The molecule has 3 aliphatic rings. The van der Waals surface area contributed by atoms with E-state index in [2.05, 4.69) is 36.9 Å². The summed E-state index contributed by atoms with van der Waals surface area (Å²) >= 11 is 3.52. The predicted molar refractivity (Wildman–Crippen MR) is 112 cm³/mol. The Balaban J connectivity index is 1.38. The first-order valence-electron chi connectivity index (χ1n) is 9.96. The van der Waals surface area contributed by atoms with Crippen molar-refractivity contribution >= 4 is 37.4 Å². The van der Waals surface area contributed by atoms with Crippen LogP contribution in [0.5, 0.6) is 0 Å². The fraction of sp³-hybridized carbons (Fsp3) is 0.667. The van der Waals surface area contributed by atoms with E-state index < -0.39 is 10.0 Å². The van der Waals surface area contributed by atoms with Gasteiger partial charge in [0.2, 0.25) is 10.0 Å². The van der Waals surface area contributed by atoms with Crippen LogP contribution >= 0.6 is 15.9 Å². The lowest BCUT2D eigenvalue weighted by Gasteiger charge is -2.39. The van der Waals surface area contributed by atoms with Crippen LogP contribution < -0.4 is 4.90 Å². The molecule has 3 fully saturated rings. The van der Waals surface area contributed by atoms with Crippen LogP contribution in [0, 0.1) is 0 Å². The fourth-order valence-electron chi connectivity index (χ4n) is 4.92. The molecule has 0 N–H and O–H groups in total. The van der Waals surface area contributed by atoms with E-state index in [1.54, 1.807) is 4.31 Å². The summed E-state index contributed by atoms with van der Waals surface area (Å²) < 4.78 is 34.2. The number of hydrogen-bond acceptors (Lipinski definition) is 7. The number of halogens is 1. The molecule has 2 aromatic rings. The molecule has 0 aliphatic carbocycles. The number of morpholine rings is 1. The van der Waals surface area contributed by atoms with Gasteiger partial charge in [-0.3, -0.25) is 4.90 Å². The molecule has 29 heavy (non-hydrogen) atoms. The average Bonchev–Trinajstić information content (AvgIpc) is 3.19. The Morgan fingerprint density at radius 1 is 1.14 bits per heavy atom. The molecule has 2 atom stereocenters. The van der Waals surface area contributed by atoms with Crippen LogP contribution in [0.3, 0.4) is 0 Å². The Bertz CT molecular complexity index is 1010. The highest BCUT2D eigenvalue weighted by Crippen LogP contribution is 2.33. The summed E-state index contributed by atoms with van der Waals surface area (Å²) in [7, 11) is -3.14. The standard InChI is InChI=1S/C18H25BrN6O3S/c1-29(26,27)25-14-2-3-15(25)11-22(10-14)8-13-9-24-12-16(19)21-18(17(24)20-13)23-4-6-28-7-5-23/h9,12,14-15H,2-8,10-11H2,1H3. The zero-order chi connectivity index (χ0) is 20.2. The van der Waals surface area contributed by atoms with E-state index in [0.29, 0.717) is 19.8 Å². The molecule has 0 aromatic carbocycles. The molecule has 3 aliphatic heterocycles. The highest BCUT2D eigenvalue weighted by Gasteiger charge is 2.44. The van der Waals surface area contributed by atoms with Crippen molar-refractivity contribution in [2.75, 3.05) is 50.5 Å². The van der Waals surface area contributed by atoms with Gasteiger partial charge in [-0.05, 0) is 28.8 Å². The van der Waals surface area contributed by atoms with Crippen molar-refractivity contribution < 1.29 is 13.2 Å². The molecule has 2 aromatic heterocycles. The van der Waals surface area contributed by atoms with Crippen molar-refractivity contribution in [1.82, 2.24) is 23.6 Å². The minimum absolute atomic E-state index is 0.0838. The first-order chi connectivity index (χ1) is 13.9. The van der Waals surface area contributed by atoms with Crippen LogP contribution in [-0.4, -0.2) is 89.7 Å². The van der Waals surface area contributed by atoms with Crippen LogP contribution in [0.15, 0.2) is 17.0 Å². The van der Waals surface area contributed by atoms with E-state index in [1.807, 2.05) is 10.6 Å². The number of aromatic nitrogens is 3. The molecule has 3 saturated heterocycles. The molecular weight excluding hydrogens is 460 g/mol. The number of anilines is 1. The van der Waals surface area contributed by atoms with Gasteiger partial charge in [-0.25, -0.2) is 18.4 Å². The fourth-order valence-corrected chi connectivity index (χ4v) is 6.73. The summed E-state index contributed by atoms with van der Waals surface area (Å²) in [5.41, 5.74) is 1.83. The summed E-state index contributed by atoms with van der Waals surface area (Å²) in [5.74, 6) is 0.871. The maximum Gasteiger partial charge on any atom is 0.211 e. The van der Waals surface area contributed by atoms with Gasteiger partial charge in [0.1, 0.15) is 4.60 Å². The Morgan fingerprint density at radius 3 is 2.48 bits per heavy atom. The Labute approximate surface area is 178 Å². The topological polar surface area (TPSA) is 83.3 Å². The third kappa shape index (κ3) is 3.78. The third-order valence-electron chi connectivity index (χ3n) is 6.01. The number of piperazine rings is 1. The van der Waals surface area contributed by atoms with Crippen molar-refractivity contribution in [3.63, 3.8) is 0 Å². The van der Waals surface area contributed by atoms with Gasteiger partial charge in [-0.2, -0.15) is 4.31 Å². The van der Waals surface area contributed by atoms with Crippen LogP contribution in [-0.2, 0) is 21.3 Å². The number of nitrogens with zero attached hydrogens (tertiary/aromatic N) is 6. The van der Waals surface area contributed by atoms with Crippen LogP contribution in [0.4, 0.5) is 5.82 Å². The summed E-state index contributed by atoms with van der Waals surface area (Å²) in [4.78, 5) is 14.1. The predicted octanol–water partition coefficient (Wildman–Crippen LogP) is 0.937. The smallest absolute Gasteiger partial charge is 0.211 e. The van der Waals surface area contributed by atoms with E-state index in [0.717, 1.165) is 60.8 Å². The van der Waals surface area contributed by atoms with Gasteiger partial charge in [0.05, 0.1) is 25.2 Å². The van der Waals surface area contributed by atoms with Crippen LogP contribution in [0.1, 0.15) is 18.5 Å². The zero-order valence-electron chi connectivity index (χ0n) is 16.4. The molecule has 0 spiro atoms. The average molecular weight is 485 g/mol. The Morgan fingerprint density at radius 2 is 1.83 bits per heavy atom. The molecule has 2 bridgehead atoms. The Kier molecular flexibility index (Phi) is 5.06. The number of imidazole rings is 1. The third-order valence-corrected chi connectivity index (χ3v) is 7.75. The molecule has 0 radical (unpaired) electrons. The molecular formula is C18H25BrN6O3S. The maximum atomic E-state index is 12.1. The largest absolute Gasteiger partial charge is 0.378 e. The molecule has 2 unspecified atom stereocenters. The molecule has 5 heterocycles. The van der Waals surface area contributed by atoms with Gasteiger partial charge in [-0.1, -0.05) is 0 Å². The quantitative estimate of drug-likeness (QED) is 0.638. The van der Waals surface area contributed by atoms with Gasteiger partial charge in [0.15, 0.2) is 11.5 Å². The monoisotopic (exact) mass is 484 g/mol. The van der Waals surface area contributed by atoms with Gasteiger partial charge >= 0.3 is 0 Å². The molecule has 158 valence electrons. The summed E-state index contributed by atoms with van der Waals surface area (Å²) in [6.45, 7) is 5.23. The molecule has 0 saturated carbocycles. The van der Waals surface area contributed by atoms with Crippen molar-refractivity contribution in [3.05, 3.63) is 22.7 Å². The molecule has 9 nitrogen and oxygen atoms in total. The number of hydrogen-bond donors (Lipinski definition) is 0. The van der Waals surface area contributed by atoms with Crippen molar-refractivity contribution in [1.29, 1.82) is 0 Å². The van der Waals surface area contributed by atoms with E-state index in [4.69, 9.17) is 9.72 Å². The molecule has 5 rings (SSSR count). The second-order valence-corrected chi connectivity index (χ2v) is 10.8. The number of rotatable bonds is 4. The lowest BCUT2D eigenvalue weighted by molar-refractivity contribution is 0.122. The van der Waals surface area contributed by atoms with Gasteiger partial charge in [0, 0.05) is 57.2 Å². The summed E-state index contributed by atoms with van der Waals surface area (Å²) in [5, 5.41) is 0. The second-order valence-electron chi connectivity index (χ2n) is 8.12.